The first-order valence-corrected chi connectivity index (χ1v) is 13.6. The molecule has 0 aliphatic carbocycles. The number of hydrogen-bond acceptors (Lipinski definition) is 10. The summed E-state index contributed by atoms with van der Waals surface area (Å²) in [6.07, 6.45) is 1.24. The Bertz CT molecular complexity index is 1530. The van der Waals surface area contributed by atoms with E-state index in [0.717, 1.165) is 26.8 Å². The van der Waals surface area contributed by atoms with Crippen LogP contribution in [-0.4, -0.2) is 60.2 Å². The SMILES string of the molecule is CCn1nc(C)cc1-c1nc(-c2nc(C(=O)NCc3ccc(OC)cc3OC)cc(NC)c2C=N)c(CNC)s1. The molecule has 0 bridgehead atoms. The Hall–Kier alpha value is -4.29. The van der Waals surface area contributed by atoms with Crippen molar-refractivity contribution in [3.8, 4) is 33.6 Å². The van der Waals surface area contributed by atoms with Gasteiger partial charge in [0.15, 0.2) is 0 Å². The highest BCUT2D eigenvalue weighted by Gasteiger charge is 2.23. The number of pyridine rings is 1. The summed E-state index contributed by atoms with van der Waals surface area (Å²) in [7, 11) is 6.77. The van der Waals surface area contributed by atoms with Gasteiger partial charge >= 0.3 is 0 Å². The lowest BCUT2D eigenvalue weighted by molar-refractivity contribution is 0.0946. The molecule has 0 aliphatic heterocycles. The molecular formula is C28H34N8O3S. The van der Waals surface area contributed by atoms with Gasteiger partial charge in [-0.1, -0.05) is 0 Å². The van der Waals surface area contributed by atoms with Crippen molar-refractivity contribution in [2.24, 2.45) is 0 Å². The first kappa shape index (κ1) is 28.7. The average Bonchev–Trinajstić information content (AvgIpc) is 3.57. The van der Waals surface area contributed by atoms with Gasteiger partial charge in [-0.3, -0.25) is 9.48 Å². The minimum absolute atomic E-state index is 0.205. The monoisotopic (exact) mass is 562 g/mol. The molecule has 0 spiro atoms. The minimum atomic E-state index is -0.363. The molecular weight excluding hydrogens is 528 g/mol. The predicted molar refractivity (Wildman–Crippen MR) is 158 cm³/mol. The van der Waals surface area contributed by atoms with E-state index in [-0.39, 0.29) is 18.1 Å². The molecule has 4 rings (SSSR count). The van der Waals surface area contributed by atoms with E-state index in [4.69, 9.17) is 24.9 Å². The van der Waals surface area contributed by atoms with Crippen LogP contribution in [0.15, 0.2) is 30.3 Å². The highest BCUT2D eigenvalue weighted by atomic mass is 32.1. The molecule has 0 atom stereocenters. The lowest BCUT2D eigenvalue weighted by Crippen LogP contribution is -2.25. The molecule has 0 aliphatic rings. The van der Waals surface area contributed by atoms with E-state index in [2.05, 4.69) is 21.0 Å². The van der Waals surface area contributed by atoms with E-state index in [1.165, 1.54) is 6.21 Å². The smallest absolute Gasteiger partial charge is 0.270 e. The summed E-state index contributed by atoms with van der Waals surface area (Å²) < 4.78 is 12.6. The summed E-state index contributed by atoms with van der Waals surface area (Å²) in [4.78, 5) is 24.0. The molecule has 3 heterocycles. The Morgan fingerprint density at radius 2 is 1.90 bits per heavy atom. The van der Waals surface area contributed by atoms with Crippen LogP contribution in [0.3, 0.4) is 0 Å². The van der Waals surface area contributed by atoms with Gasteiger partial charge in [0.2, 0.25) is 0 Å². The Kier molecular flexibility index (Phi) is 9.12. The fraction of sp³-hybridized carbons (Fsp3) is 0.321. The molecule has 0 saturated carbocycles. The fourth-order valence-corrected chi connectivity index (χ4v) is 5.45. The van der Waals surface area contributed by atoms with Crippen molar-refractivity contribution < 1.29 is 14.3 Å². The summed E-state index contributed by atoms with van der Waals surface area (Å²) in [5.74, 6) is 0.908. The van der Waals surface area contributed by atoms with Crippen molar-refractivity contribution in [1.82, 2.24) is 30.4 Å². The summed E-state index contributed by atoms with van der Waals surface area (Å²) in [5.41, 5.74) is 5.06. The third kappa shape index (κ3) is 5.82. The van der Waals surface area contributed by atoms with Gasteiger partial charge in [0.25, 0.3) is 5.91 Å². The lowest BCUT2D eigenvalue weighted by atomic mass is 10.1. The Balaban J connectivity index is 1.75. The van der Waals surface area contributed by atoms with Gasteiger partial charge in [-0.05, 0) is 45.2 Å². The van der Waals surface area contributed by atoms with E-state index in [1.807, 2.05) is 43.8 Å². The lowest BCUT2D eigenvalue weighted by Gasteiger charge is -2.14. The van der Waals surface area contributed by atoms with Crippen molar-refractivity contribution in [2.45, 2.75) is 33.5 Å². The molecule has 210 valence electrons. The number of aromatic nitrogens is 4. The molecule has 0 saturated heterocycles. The standard InChI is InChI=1S/C28H34N8O3S/c1-7-36-22(10-16(2)35-36)28-34-26(24(40-28)15-30-3)25-19(13-29)20(31-4)12-21(33-25)27(37)32-14-17-8-9-18(38-5)11-23(17)39-6/h8-13,29-30H,7,14-15H2,1-6H3,(H,31,33)(H,32,37). The molecule has 12 heteroatoms. The fourth-order valence-electron chi connectivity index (χ4n) is 4.35. The third-order valence-corrected chi connectivity index (χ3v) is 7.40. The summed E-state index contributed by atoms with van der Waals surface area (Å²) in [6.45, 7) is 5.49. The molecule has 0 unspecified atom stereocenters. The Labute approximate surface area is 237 Å². The quantitative estimate of drug-likeness (QED) is 0.189. The Morgan fingerprint density at radius 1 is 1.10 bits per heavy atom. The number of amides is 1. The maximum Gasteiger partial charge on any atom is 0.270 e. The maximum atomic E-state index is 13.3. The van der Waals surface area contributed by atoms with Crippen LogP contribution in [-0.2, 0) is 19.6 Å². The van der Waals surface area contributed by atoms with Crippen molar-refractivity contribution in [3.63, 3.8) is 0 Å². The second-order valence-corrected chi connectivity index (χ2v) is 9.96. The number of rotatable bonds is 12. The zero-order valence-corrected chi connectivity index (χ0v) is 24.3. The molecule has 1 aromatic carbocycles. The van der Waals surface area contributed by atoms with Gasteiger partial charge in [0.1, 0.15) is 33.6 Å². The van der Waals surface area contributed by atoms with Crippen LogP contribution in [0, 0.1) is 12.3 Å². The number of anilines is 1. The molecule has 0 fully saturated rings. The van der Waals surface area contributed by atoms with E-state index in [9.17, 15) is 4.79 Å². The van der Waals surface area contributed by atoms with Crippen LogP contribution in [0.2, 0.25) is 0 Å². The molecule has 0 radical (unpaired) electrons. The number of thiazole rings is 1. The normalized spacial score (nSPS) is 10.8. The molecule has 3 aromatic heterocycles. The number of aryl methyl sites for hydroxylation is 2. The molecule has 4 aromatic rings. The van der Waals surface area contributed by atoms with Crippen molar-refractivity contribution in [1.29, 1.82) is 5.41 Å². The first-order valence-electron chi connectivity index (χ1n) is 12.8. The average molecular weight is 563 g/mol. The topological polar surface area (TPSA) is 139 Å². The second kappa shape index (κ2) is 12.7. The first-order chi connectivity index (χ1) is 19.4. The van der Waals surface area contributed by atoms with Gasteiger partial charge < -0.3 is 30.8 Å². The van der Waals surface area contributed by atoms with Gasteiger partial charge in [-0.2, -0.15) is 5.10 Å². The summed E-state index contributed by atoms with van der Waals surface area (Å²) >= 11 is 1.54. The van der Waals surface area contributed by atoms with Crippen LogP contribution in [0.25, 0.3) is 22.1 Å². The third-order valence-electron chi connectivity index (χ3n) is 6.32. The number of carbonyl (C=O) groups excluding carboxylic acids is 1. The zero-order chi connectivity index (χ0) is 28.8. The number of nitrogens with zero attached hydrogens (tertiary/aromatic N) is 4. The second-order valence-electron chi connectivity index (χ2n) is 8.88. The molecule has 11 nitrogen and oxygen atoms in total. The van der Waals surface area contributed by atoms with Crippen LogP contribution in [0.4, 0.5) is 5.69 Å². The zero-order valence-electron chi connectivity index (χ0n) is 23.5. The van der Waals surface area contributed by atoms with Crippen LogP contribution in [0.5, 0.6) is 11.5 Å². The van der Waals surface area contributed by atoms with Crippen molar-refractivity contribution in [3.05, 3.63) is 57.7 Å². The number of ether oxygens (including phenoxy) is 2. The van der Waals surface area contributed by atoms with Crippen molar-refractivity contribution >= 4 is 29.1 Å². The number of benzene rings is 1. The molecule has 1 amide bonds. The van der Waals surface area contributed by atoms with E-state index in [0.29, 0.717) is 47.2 Å². The highest BCUT2D eigenvalue weighted by molar-refractivity contribution is 7.15. The number of hydrogen-bond donors (Lipinski definition) is 4. The molecule has 4 N–H and O–H groups in total. The number of nitrogens with one attached hydrogen (secondary N) is 4. The largest absolute Gasteiger partial charge is 0.497 e. The predicted octanol–water partition coefficient (Wildman–Crippen LogP) is 4.10. The van der Waals surface area contributed by atoms with Crippen LogP contribution < -0.4 is 25.4 Å². The Morgan fingerprint density at radius 3 is 2.55 bits per heavy atom. The van der Waals surface area contributed by atoms with E-state index in [1.54, 1.807) is 44.7 Å². The van der Waals surface area contributed by atoms with Gasteiger partial charge in [0.05, 0.1) is 25.6 Å². The molecule has 40 heavy (non-hydrogen) atoms. The minimum Gasteiger partial charge on any atom is -0.497 e. The number of methoxy groups -OCH3 is 2. The van der Waals surface area contributed by atoms with Gasteiger partial charge in [-0.25, -0.2) is 9.97 Å². The summed E-state index contributed by atoms with van der Waals surface area (Å²) in [5, 5.41) is 22.8. The van der Waals surface area contributed by atoms with E-state index < -0.39 is 0 Å². The van der Waals surface area contributed by atoms with Crippen molar-refractivity contribution in [2.75, 3.05) is 33.6 Å². The van der Waals surface area contributed by atoms with E-state index >= 15 is 0 Å². The maximum absolute atomic E-state index is 13.3. The van der Waals surface area contributed by atoms with Gasteiger partial charge in [-0.15, -0.1) is 11.3 Å². The van der Waals surface area contributed by atoms with Gasteiger partial charge in [0, 0.05) is 60.7 Å². The van der Waals surface area contributed by atoms with Crippen LogP contribution in [0.1, 0.15) is 39.1 Å². The number of carbonyl (C=O) groups is 1. The van der Waals surface area contributed by atoms with Crippen LogP contribution >= 0.6 is 11.3 Å². The summed E-state index contributed by atoms with van der Waals surface area (Å²) in [6, 6.07) is 9.08. The highest BCUT2D eigenvalue weighted by Crippen LogP contribution is 2.36.